The van der Waals surface area contributed by atoms with Crippen LogP contribution in [0.15, 0.2) is 41.9 Å². The van der Waals surface area contributed by atoms with Crippen molar-refractivity contribution in [3.8, 4) is 29.0 Å². The molecular weight excluding hydrogens is 364 g/mol. The number of amides is 1. The molecule has 7 nitrogen and oxygen atoms in total. The van der Waals surface area contributed by atoms with Crippen molar-refractivity contribution in [3.05, 3.63) is 53.0 Å². The fraction of sp³-hybridized carbons (Fsp3) is 0.158. The van der Waals surface area contributed by atoms with Gasteiger partial charge in [-0.05, 0) is 42.7 Å². The highest BCUT2D eigenvalue weighted by molar-refractivity contribution is 7.14. The van der Waals surface area contributed by atoms with Crippen LogP contribution in [0.25, 0.3) is 11.4 Å². The molecule has 3 rings (SSSR count). The van der Waals surface area contributed by atoms with E-state index in [0.29, 0.717) is 22.1 Å². The van der Waals surface area contributed by atoms with E-state index in [1.807, 2.05) is 25.1 Å². The van der Waals surface area contributed by atoms with Gasteiger partial charge in [-0.3, -0.25) is 9.78 Å². The van der Waals surface area contributed by atoms with E-state index in [4.69, 9.17) is 0 Å². The zero-order valence-electron chi connectivity index (χ0n) is 14.4. The number of nitrogens with one attached hydrogen (secondary N) is 1. The molecule has 1 atom stereocenters. The third-order valence-electron chi connectivity index (χ3n) is 3.86. The van der Waals surface area contributed by atoms with Crippen molar-refractivity contribution in [2.24, 2.45) is 5.92 Å². The average molecular weight is 380 g/mol. The Morgan fingerprint density at radius 1 is 1.26 bits per heavy atom. The molecule has 3 aromatic rings. The summed E-state index contributed by atoms with van der Waals surface area (Å²) in [6.07, 6.45) is 1.85. The van der Waals surface area contributed by atoms with Crippen molar-refractivity contribution in [3.63, 3.8) is 0 Å². The number of hydrogen-bond donors (Lipinski definition) is 3. The predicted molar refractivity (Wildman–Crippen MR) is 101 cm³/mol. The van der Waals surface area contributed by atoms with Crippen LogP contribution in [0.4, 0.5) is 5.13 Å². The van der Waals surface area contributed by atoms with Gasteiger partial charge in [0.15, 0.2) is 16.6 Å². The van der Waals surface area contributed by atoms with Crippen LogP contribution in [0.1, 0.15) is 11.1 Å². The van der Waals surface area contributed by atoms with Crippen LogP contribution < -0.4 is 5.32 Å². The minimum Gasteiger partial charge on any atom is -0.504 e. The van der Waals surface area contributed by atoms with Crippen molar-refractivity contribution in [1.82, 2.24) is 9.97 Å². The Balaban J connectivity index is 1.69. The second kappa shape index (κ2) is 7.85. The lowest BCUT2D eigenvalue weighted by Crippen LogP contribution is -2.23. The maximum Gasteiger partial charge on any atom is 0.243 e. The Morgan fingerprint density at radius 3 is 2.74 bits per heavy atom. The molecule has 0 aliphatic carbocycles. The van der Waals surface area contributed by atoms with E-state index in [1.54, 1.807) is 17.6 Å². The highest BCUT2D eigenvalue weighted by atomic mass is 32.1. The summed E-state index contributed by atoms with van der Waals surface area (Å²) in [6.45, 7) is 1.94. The lowest BCUT2D eigenvalue weighted by Gasteiger charge is -2.09. The number of hydrogen-bond acceptors (Lipinski definition) is 7. The van der Waals surface area contributed by atoms with Crippen LogP contribution in [-0.4, -0.2) is 26.1 Å². The van der Waals surface area contributed by atoms with Gasteiger partial charge in [0.25, 0.3) is 0 Å². The third kappa shape index (κ3) is 4.40. The van der Waals surface area contributed by atoms with Crippen molar-refractivity contribution in [1.29, 1.82) is 5.26 Å². The van der Waals surface area contributed by atoms with Gasteiger partial charge in [0.05, 0.1) is 11.8 Å². The van der Waals surface area contributed by atoms with Gasteiger partial charge in [-0.2, -0.15) is 5.26 Å². The summed E-state index contributed by atoms with van der Waals surface area (Å²) in [6, 6.07) is 9.94. The topological polar surface area (TPSA) is 119 Å². The summed E-state index contributed by atoms with van der Waals surface area (Å²) in [5, 5.41) is 33.0. The molecule has 0 saturated carbocycles. The van der Waals surface area contributed by atoms with Crippen LogP contribution in [0.2, 0.25) is 0 Å². The molecule has 0 fully saturated rings. The zero-order valence-corrected chi connectivity index (χ0v) is 15.2. The number of benzene rings is 1. The fourth-order valence-corrected chi connectivity index (χ4v) is 3.10. The number of carbonyl (C=O) groups excluding carboxylic acids is 1. The zero-order chi connectivity index (χ0) is 19.4. The number of pyridine rings is 1. The van der Waals surface area contributed by atoms with Gasteiger partial charge in [0, 0.05) is 11.6 Å². The van der Waals surface area contributed by atoms with Gasteiger partial charge in [-0.1, -0.05) is 12.1 Å². The minimum absolute atomic E-state index is 0.105. The van der Waals surface area contributed by atoms with E-state index < -0.39 is 11.8 Å². The second-order valence-corrected chi connectivity index (χ2v) is 6.81. The Hall–Kier alpha value is -3.44. The van der Waals surface area contributed by atoms with Gasteiger partial charge >= 0.3 is 0 Å². The maximum atomic E-state index is 12.4. The smallest absolute Gasteiger partial charge is 0.243 e. The second-order valence-electron chi connectivity index (χ2n) is 5.96. The first-order valence-electron chi connectivity index (χ1n) is 8.06. The molecule has 0 bridgehead atoms. The summed E-state index contributed by atoms with van der Waals surface area (Å²) < 4.78 is 0. The number of aromatic nitrogens is 2. The van der Waals surface area contributed by atoms with Gasteiger partial charge in [-0.15, -0.1) is 11.3 Å². The molecule has 136 valence electrons. The quantitative estimate of drug-likeness (QED) is 0.585. The molecule has 1 unspecified atom stereocenters. The molecule has 0 saturated heterocycles. The number of thiazole rings is 1. The van der Waals surface area contributed by atoms with E-state index in [2.05, 4.69) is 15.3 Å². The van der Waals surface area contributed by atoms with Crippen molar-refractivity contribution >= 4 is 22.4 Å². The van der Waals surface area contributed by atoms with Crippen LogP contribution in [-0.2, 0) is 11.2 Å². The molecule has 27 heavy (non-hydrogen) atoms. The number of anilines is 1. The fourth-order valence-electron chi connectivity index (χ4n) is 2.39. The number of nitriles is 1. The van der Waals surface area contributed by atoms with Gasteiger partial charge in [0.1, 0.15) is 11.6 Å². The van der Waals surface area contributed by atoms with Crippen LogP contribution in [0, 0.1) is 24.2 Å². The summed E-state index contributed by atoms with van der Waals surface area (Å²) in [5.41, 5.74) is 2.95. The largest absolute Gasteiger partial charge is 0.504 e. The molecule has 0 spiro atoms. The van der Waals surface area contributed by atoms with Crippen LogP contribution in [0.5, 0.6) is 11.5 Å². The lowest BCUT2D eigenvalue weighted by molar-refractivity contribution is -0.118. The first kappa shape index (κ1) is 18.4. The monoisotopic (exact) mass is 380 g/mol. The SMILES string of the molecule is Cc1ccc(-c2csc(NC(=O)C(C#N)Cc3ccc(O)c(O)c3)n2)nc1. The molecule has 1 amide bonds. The Morgan fingerprint density at radius 2 is 2.07 bits per heavy atom. The maximum absolute atomic E-state index is 12.4. The molecule has 0 aliphatic rings. The van der Waals surface area contributed by atoms with E-state index in [1.165, 1.54) is 23.5 Å². The normalized spacial score (nSPS) is 11.6. The molecule has 2 heterocycles. The summed E-state index contributed by atoms with van der Waals surface area (Å²) in [4.78, 5) is 21.0. The molecule has 8 heteroatoms. The Labute approximate surface area is 159 Å². The molecule has 2 aromatic heterocycles. The van der Waals surface area contributed by atoms with E-state index in [9.17, 15) is 20.3 Å². The highest BCUT2D eigenvalue weighted by Crippen LogP contribution is 2.27. The first-order chi connectivity index (χ1) is 13.0. The molecule has 0 radical (unpaired) electrons. The number of rotatable bonds is 5. The van der Waals surface area contributed by atoms with Crippen LogP contribution in [0.3, 0.4) is 0 Å². The molecule has 0 aliphatic heterocycles. The minimum atomic E-state index is -0.959. The summed E-state index contributed by atoms with van der Waals surface area (Å²) in [7, 11) is 0. The number of phenols is 2. The third-order valence-corrected chi connectivity index (χ3v) is 4.62. The number of nitrogens with zero attached hydrogens (tertiary/aromatic N) is 3. The van der Waals surface area contributed by atoms with Gasteiger partial charge in [-0.25, -0.2) is 4.98 Å². The summed E-state index contributed by atoms with van der Waals surface area (Å²) >= 11 is 1.25. The van der Waals surface area contributed by atoms with Gasteiger partial charge < -0.3 is 15.5 Å². The standard InChI is InChI=1S/C19H16N4O3S/c1-11-2-4-14(21-9-11)15-10-27-19(22-15)23-18(26)13(8-20)6-12-3-5-16(24)17(25)7-12/h2-5,7,9-10,13,24-25H,6H2,1H3,(H,22,23,26). The van der Waals surface area contributed by atoms with E-state index in [-0.39, 0.29) is 17.9 Å². The lowest BCUT2D eigenvalue weighted by atomic mass is 9.99. The van der Waals surface area contributed by atoms with Gasteiger partial charge in [0.2, 0.25) is 5.91 Å². The van der Waals surface area contributed by atoms with E-state index in [0.717, 1.165) is 5.56 Å². The highest BCUT2D eigenvalue weighted by Gasteiger charge is 2.20. The van der Waals surface area contributed by atoms with Crippen molar-refractivity contribution in [2.45, 2.75) is 13.3 Å². The molecule has 1 aromatic carbocycles. The summed E-state index contributed by atoms with van der Waals surface area (Å²) in [5.74, 6) is -1.99. The number of phenolic OH excluding ortho intramolecular Hbond substituents is 2. The van der Waals surface area contributed by atoms with Crippen LogP contribution >= 0.6 is 11.3 Å². The first-order valence-corrected chi connectivity index (χ1v) is 8.94. The van der Waals surface area contributed by atoms with Crippen molar-refractivity contribution in [2.75, 3.05) is 5.32 Å². The average Bonchev–Trinajstić information content (AvgIpc) is 3.11. The number of aryl methyl sites for hydroxylation is 1. The molecular formula is C19H16N4O3S. The predicted octanol–water partition coefficient (Wildman–Crippen LogP) is 3.25. The Bertz CT molecular complexity index is 1010. The van der Waals surface area contributed by atoms with E-state index >= 15 is 0 Å². The number of carbonyl (C=O) groups is 1. The Kier molecular flexibility index (Phi) is 5.33. The number of aromatic hydroxyl groups is 2. The molecule has 3 N–H and O–H groups in total. The van der Waals surface area contributed by atoms with Crippen molar-refractivity contribution < 1.29 is 15.0 Å².